The summed E-state index contributed by atoms with van der Waals surface area (Å²) in [6.07, 6.45) is 2.41. The Morgan fingerprint density at radius 3 is 2.52 bits per heavy atom. The van der Waals surface area contributed by atoms with Crippen LogP contribution in [0.1, 0.15) is 77.4 Å². The molecular formula is C28H41N5O7S2. The van der Waals surface area contributed by atoms with Gasteiger partial charge in [0.2, 0.25) is 0 Å². The fourth-order valence-electron chi connectivity index (χ4n) is 5.80. The molecule has 0 saturated carbocycles. The van der Waals surface area contributed by atoms with Gasteiger partial charge in [0.25, 0.3) is 0 Å². The smallest absolute Gasteiger partial charge is 0.325 e. The van der Waals surface area contributed by atoms with Crippen molar-refractivity contribution < 1.29 is 33.0 Å². The van der Waals surface area contributed by atoms with Crippen LogP contribution in [0.25, 0.3) is 6.08 Å². The second-order valence-electron chi connectivity index (χ2n) is 12.1. The first kappa shape index (κ1) is 32.4. The molecule has 0 spiro atoms. The lowest BCUT2D eigenvalue weighted by Gasteiger charge is -2.34. The summed E-state index contributed by atoms with van der Waals surface area (Å²) in [6, 6.07) is -0.858. The van der Waals surface area contributed by atoms with E-state index < -0.39 is 58.3 Å². The summed E-state index contributed by atoms with van der Waals surface area (Å²) in [4.78, 5) is 34.8. The van der Waals surface area contributed by atoms with Crippen molar-refractivity contribution in [1.29, 1.82) is 0 Å². The van der Waals surface area contributed by atoms with Crippen LogP contribution in [-0.4, -0.2) is 84.2 Å². The number of nitrogens with zero attached hydrogens (tertiary/aromatic N) is 5. The van der Waals surface area contributed by atoms with E-state index in [1.807, 2.05) is 25.3 Å². The molecule has 14 heteroatoms. The molecular weight excluding hydrogens is 582 g/mol. The quantitative estimate of drug-likeness (QED) is 0.382. The number of cyclic esters (lactones) is 1. The van der Waals surface area contributed by atoms with Crippen LogP contribution in [0.15, 0.2) is 23.6 Å². The van der Waals surface area contributed by atoms with E-state index in [0.717, 1.165) is 21.7 Å². The maximum Gasteiger partial charge on any atom is 0.325 e. The van der Waals surface area contributed by atoms with Gasteiger partial charge in [0, 0.05) is 29.8 Å². The second kappa shape index (κ2) is 12.6. The summed E-state index contributed by atoms with van der Waals surface area (Å²) < 4.78 is 35.0. The SMILES string of the molecule is CC(=Cc1csc(C)n1)C1CC2[C@@H](CCC[C@H](C)[C@H](O)[C@@H](C)C(=O)C(C)(C)[C@@H](O)CC(=O)O1)N2S(=O)(=O)n1cncn1. The van der Waals surface area contributed by atoms with Crippen LogP contribution >= 0.6 is 11.3 Å². The number of Topliss-reactive ketones (excluding diaryl/α,β-unsaturated/α-hetero) is 1. The highest BCUT2D eigenvalue weighted by Crippen LogP contribution is 2.42. The highest BCUT2D eigenvalue weighted by Gasteiger charge is 2.56. The zero-order valence-corrected chi connectivity index (χ0v) is 26.5. The van der Waals surface area contributed by atoms with Crippen molar-refractivity contribution in [3.05, 3.63) is 34.3 Å². The van der Waals surface area contributed by atoms with Gasteiger partial charge in [0.1, 0.15) is 24.5 Å². The topological polar surface area (TPSA) is 165 Å². The number of esters is 1. The van der Waals surface area contributed by atoms with Crippen LogP contribution in [0.3, 0.4) is 0 Å². The van der Waals surface area contributed by atoms with Gasteiger partial charge in [-0.2, -0.15) is 12.7 Å². The zero-order valence-electron chi connectivity index (χ0n) is 24.9. The van der Waals surface area contributed by atoms with E-state index in [1.54, 1.807) is 27.7 Å². The van der Waals surface area contributed by atoms with E-state index in [9.17, 15) is 28.2 Å². The van der Waals surface area contributed by atoms with Crippen LogP contribution in [0.5, 0.6) is 0 Å². The summed E-state index contributed by atoms with van der Waals surface area (Å²) in [7, 11) is -4.02. The van der Waals surface area contributed by atoms with Crippen molar-refractivity contribution in [2.24, 2.45) is 17.3 Å². The third-order valence-electron chi connectivity index (χ3n) is 8.65. The first-order chi connectivity index (χ1) is 19.6. The number of ketones is 1. The Morgan fingerprint density at radius 2 is 1.90 bits per heavy atom. The molecule has 4 rings (SSSR count). The minimum Gasteiger partial charge on any atom is -0.458 e. The Kier molecular flexibility index (Phi) is 9.72. The van der Waals surface area contributed by atoms with Gasteiger partial charge in [-0.25, -0.2) is 9.97 Å². The predicted octanol–water partition coefficient (Wildman–Crippen LogP) is 2.76. The summed E-state index contributed by atoms with van der Waals surface area (Å²) in [6.45, 7) is 10.3. The van der Waals surface area contributed by atoms with Crippen LogP contribution in [-0.2, 0) is 24.5 Å². The molecule has 2 saturated heterocycles. The van der Waals surface area contributed by atoms with E-state index in [-0.39, 0.29) is 24.2 Å². The molecule has 12 nitrogen and oxygen atoms in total. The Labute approximate surface area is 251 Å². The number of thiazole rings is 1. The number of aliphatic hydroxyl groups is 2. The van der Waals surface area contributed by atoms with Gasteiger partial charge in [-0.1, -0.05) is 34.1 Å². The van der Waals surface area contributed by atoms with Crippen molar-refractivity contribution in [2.45, 2.75) is 104 Å². The van der Waals surface area contributed by atoms with Crippen LogP contribution in [0.2, 0.25) is 0 Å². The molecule has 0 amide bonds. The monoisotopic (exact) mass is 623 g/mol. The largest absolute Gasteiger partial charge is 0.458 e. The number of aromatic nitrogens is 4. The van der Waals surface area contributed by atoms with E-state index in [2.05, 4.69) is 15.1 Å². The van der Waals surface area contributed by atoms with E-state index in [0.29, 0.717) is 30.5 Å². The predicted molar refractivity (Wildman–Crippen MR) is 156 cm³/mol. The van der Waals surface area contributed by atoms with Crippen molar-refractivity contribution >= 4 is 39.4 Å². The van der Waals surface area contributed by atoms with Crippen molar-refractivity contribution in [2.75, 3.05) is 0 Å². The molecule has 2 aliphatic rings. The Balaban J connectivity index is 1.68. The Hall–Kier alpha value is -2.52. The number of hydrogen-bond acceptors (Lipinski definition) is 11. The lowest BCUT2D eigenvalue weighted by atomic mass is 9.73. The summed E-state index contributed by atoms with van der Waals surface area (Å²) in [5.41, 5.74) is 0.0681. The third-order valence-corrected chi connectivity index (χ3v) is 11.2. The number of ether oxygens (including phenoxy) is 1. The highest BCUT2D eigenvalue weighted by atomic mass is 32.2. The molecule has 2 N–H and O–H groups in total. The van der Waals surface area contributed by atoms with E-state index >= 15 is 0 Å². The maximum absolute atomic E-state index is 13.4. The number of rotatable bonds is 4. The summed E-state index contributed by atoms with van der Waals surface area (Å²) >= 11 is 1.48. The number of carbonyl (C=O) groups excluding carboxylic acids is 2. The van der Waals surface area contributed by atoms with Gasteiger partial charge in [0.05, 0.1) is 34.7 Å². The number of hydrogen-bond donors (Lipinski definition) is 2. The molecule has 3 unspecified atom stereocenters. The number of aryl methyl sites for hydroxylation is 1. The summed E-state index contributed by atoms with van der Waals surface area (Å²) in [5.74, 6) is -2.07. The number of fused-ring (bicyclic) bond motifs is 1. The molecule has 8 atom stereocenters. The van der Waals surface area contributed by atoms with Gasteiger partial charge < -0.3 is 14.9 Å². The van der Waals surface area contributed by atoms with Crippen LogP contribution in [0.4, 0.5) is 0 Å². The number of carbonyl (C=O) groups is 2. The molecule has 2 aromatic heterocycles. The van der Waals surface area contributed by atoms with Crippen molar-refractivity contribution in [3.8, 4) is 0 Å². The molecule has 42 heavy (non-hydrogen) atoms. The molecule has 0 bridgehead atoms. The van der Waals surface area contributed by atoms with Gasteiger partial charge in [-0.15, -0.1) is 20.5 Å². The highest BCUT2D eigenvalue weighted by molar-refractivity contribution is 7.87. The van der Waals surface area contributed by atoms with Gasteiger partial charge in [0.15, 0.2) is 0 Å². The molecule has 0 aromatic carbocycles. The third kappa shape index (κ3) is 6.83. The average molecular weight is 624 g/mol. The Bertz CT molecular complexity index is 1410. The molecule has 2 aliphatic heterocycles. The molecule has 0 radical (unpaired) electrons. The second-order valence-corrected chi connectivity index (χ2v) is 14.9. The molecule has 0 aliphatic carbocycles. The lowest BCUT2D eigenvalue weighted by molar-refractivity contribution is -0.154. The van der Waals surface area contributed by atoms with Crippen molar-refractivity contribution in [3.63, 3.8) is 0 Å². The zero-order chi connectivity index (χ0) is 31.0. The fourth-order valence-corrected chi connectivity index (χ4v) is 8.00. The minimum atomic E-state index is -4.02. The van der Waals surface area contributed by atoms with Gasteiger partial charge in [-0.3, -0.25) is 9.59 Å². The van der Waals surface area contributed by atoms with E-state index in [4.69, 9.17) is 4.74 Å². The first-order valence-corrected chi connectivity index (χ1v) is 16.5. The Morgan fingerprint density at radius 1 is 1.19 bits per heavy atom. The molecule has 2 fully saturated rings. The van der Waals surface area contributed by atoms with Crippen LogP contribution in [0, 0.1) is 24.2 Å². The van der Waals surface area contributed by atoms with Gasteiger partial charge >= 0.3 is 16.2 Å². The molecule has 232 valence electrons. The van der Waals surface area contributed by atoms with E-state index in [1.165, 1.54) is 15.6 Å². The maximum atomic E-state index is 13.4. The van der Waals surface area contributed by atoms with Crippen LogP contribution < -0.4 is 0 Å². The summed E-state index contributed by atoms with van der Waals surface area (Å²) in [5, 5.41) is 28.6. The molecule has 4 heterocycles. The van der Waals surface area contributed by atoms with Crippen molar-refractivity contribution in [1.82, 2.24) is 23.5 Å². The normalized spacial score (nSPS) is 33.6. The first-order valence-electron chi connectivity index (χ1n) is 14.2. The fraction of sp³-hybridized carbons (Fsp3) is 0.679. The lowest BCUT2D eigenvalue weighted by Crippen LogP contribution is -2.45. The minimum absolute atomic E-state index is 0.184. The average Bonchev–Trinajstić information content (AvgIpc) is 3.25. The van der Waals surface area contributed by atoms with Gasteiger partial charge in [-0.05, 0) is 44.3 Å². The standard InChI is InChI=1S/C28H41N5O7S2/c1-16-8-7-9-21-22(33(21)42(38,39)32-15-29-14-30-32)11-23(17(2)10-20-13-41-19(4)31-20)40-25(35)12-24(34)28(5,6)27(37)18(3)26(16)36/h10,13-16,18,21-24,26,34,36H,7-9,11-12H2,1-6H3/t16-,18+,21+,22?,23?,24-,26-,33?/m0/s1. The molecule has 2 aromatic rings. The number of aliphatic hydroxyl groups excluding tert-OH is 2.